The molecule has 0 radical (unpaired) electrons. The molecule has 0 amide bonds. The van der Waals surface area contributed by atoms with Gasteiger partial charge in [0.15, 0.2) is 5.13 Å². The zero-order chi connectivity index (χ0) is 12.3. The fraction of sp³-hybridized carbons (Fsp3) is 0.750. The second kappa shape index (κ2) is 5.80. The van der Waals surface area contributed by atoms with Crippen LogP contribution in [0.15, 0.2) is 5.38 Å². The molecule has 0 aromatic carbocycles. The Bertz CT molecular complexity index is 346. The van der Waals surface area contributed by atoms with Crippen LogP contribution in [0.3, 0.4) is 0 Å². The Morgan fingerprint density at radius 1 is 1.59 bits per heavy atom. The minimum atomic E-state index is -0.471. The van der Waals surface area contributed by atoms with Crippen LogP contribution in [0.25, 0.3) is 0 Å². The first-order chi connectivity index (χ1) is 8.20. The van der Waals surface area contributed by atoms with E-state index in [1.807, 2.05) is 12.3 Å². The smallest absolute Gasteiger partial charge is 0.185 e. The van der Waals surface area contributed by atoms with Gasteiger partial charge in [-0.25, -0.2) is 4.98 Å². The van der Waals surface area contributed by atoms with Crippen LogP contribution in [-0.2, 0) is 4.74 Å². The van der Waals surface area contributed by atoms with E-state index in [9.17, 15) is 5.11 Å². The summed E-state index contributed by atoms with van der Waals surface area (Å²) >= 11 is 1.61. The average molecular weight is 256 g/mol. The molecule has 1 aliphatic heterocycles. The molecule has 1 N–H and O–H groups in total. The van der Waals surface area contributed by atoms with Crippen LogP contribution in [0.1, 0.15) is 38.5 Å². The van der Waals surface area contributed by atoms with Crippen LogP contribution in [0, 0.1) is 0 Å². The Kier molecular flexibility index (Phi) is 4.36. The van der Waals surface area contributed by atoms with E-state index in [0.717, 1.165) is 43.4 Å². The molecular formula is C12H20N2O2S. The van der Waals surface area contributed by atoms with E-state index in [1.54, 1.807) is 18.3 Å². The maximum atomic E-state index is 9.45. The van der Waals surface area contributed by atoms with Crippen LogP contribution >= 0.6 is 11.3 Å². The number of piperidine rings is 1. The van der Waals surface area contributed by atoms with E-state index in [4.69, 9.17) is 4.74 Å². The zero-order valence-electron chi connectivity index (χ0n) is 10.4. The topological polar surface area (TPSA) is 45.6 Å². The molecule has 0 spiro atoms. The van der Waals surface area contributed by atoms with Crippen LogP contribution in [0.5, 0.6) is 0 Å². The van der Waals surface area contributed by atoms with Gasteiger partial charge in [0.1, 0.15) is 0 Å². The molecular weight excluding hydrogens is 236 g/mol. The highest BCUT2D eigenvalue weighted by molar-refractivity contribution is 7.13. The van der Waals surface area contributed by atoms with Crippen molar-refractivity contribution in [2.24, 2.45) is 0 Å². The molecule has 17 heavy (non-hydrogen) atoms. The quantitative estimate of drug-likeness (QED) is 0.897. The van der Waals surface area contributed by atoms with Crippen molar-refractivity contribution in [3.05, 3.63) is 11.1 Å². The van der Waals surface area contributed by atoms with E-state index in [-0.39, 0.29) is 0 Å². The Balaban J connectivity index is 1.91. The fourth-order valence-electron chi connectivity index (χ4n) is 2.06. The lowest BCUT2D eigenvalue weighted by Gasteiger charge is -2.31. The normalized spacial score (nSPS) is 19.6. The molecule has 1 aliphatic rings. The van der Waals surface area contributed by atoms with Crippen LogP contribution in [0.4, 0.5) is 5.13 Å². The Morgan fingerprint density at radius 3 is 2.82 bits per heavy atom. The highest BCUT2D eigenvalue weighted by atomic mass is 32.1. The Morgan fingerprint density at radius 2 is 2.29 bits per heavy atom. The van der Waals surface area contributed by atoms with Gasteiger partial charge in [-0.05, 0) is 26.7 Å². The average Bonchev–Trinajstić information content (AvgIpc) is 2.80. The van der Waals surface area contributed by atoms with Crippen molar-refractivity contribution < 1.29 is 9.84 Å². The molecule has 96 valence electrons. The first-order valence-corrected chi connectivity index (χ1v) is 7.08. The van der Waals surface area contributed by atoms with E-state index in [2.05, 4.69) is 9.88 Å². The van der Waals surface area contributed by atoms with Crippen molar-refractivity contribution in [1.82, 2.24) is 4.98 Å². The van der Waals surface area contributed by atoms with Gasteiger partial charge in [0.05, 0.1) is 17.9 Å². The van der Waals surface area contributed by atoms with E-state index in [0.29, 0.717) is 6.10 Å². The van der Waals surface area contributed by atoms with Crippen molar-refractivity contribution in [1.29, 1.82) is 0 Å². The van der Waals surface area contributed by atoms with Gasteiger partial charge in [-0.3, -0.25) is 0 Å². The number of hydrogen-bond acceptors (Lipinski definition) is 5. The van der Waals surface area contributed by atoms with E-state index < -0.39 is 6.10 Å². The van der Waals surface area contributed by atoms with Gasteiger partial charge >= 0.3 is 0 Å². The molecule has 1 fully saturated rings. The summed E-state index contributed by atoms with van der Waals surface area (Å²) in [4.78, 5) is 6.74. The summed E-state index contributed by atoms with van der Waals surface area (Å²) in [5.74, 6) is 0. The van der Waals surface area contributed by atoms with Crippen molar-refractivity contribution >= 4 is 16.5 Å². The number of aliphatic hydroxyl groups is 1. The number of hydrogen-bond donors (Lipinski definition) is 1. The molecule has 2 rings (SSSR count). The third kappa shape index (κ3) is 3.18. The zero-order valence-corrected chi connectivity index (χ0v) is 11.2. The van der Waals surface area contributed by atoms with Gasteiger partial charge in [-0.15, -0.1) is 11.3 Å². The molecule has 0 bridgehead atoms. The lowest BCUT2D eigenvalue weighted by molar-refractivity contribution is 0.0459. The van der Waals surface area contributed by atoms with Crippen molar-refractivity contribution in [2.45, 2.75) is 38.9 Å². The third-order valence-corrected chi connectivity index (χ3v) is 3.97. The molecule has 5 heteroatoms. The minimum Gasteiger partial charge on any atom is -0.387 e. The van der Waals surface area contributed by atoms with Crippen LogP contribution in [0.2, 0.25) is 0 Å². The number of aliphatic hydroxyl groups excluding tert-OH is 1. The SMILES string of the molecule is CCOC1CCN(c2nc(C(C)O)cs2)CC1. The number of aromatic nitrogens is 1. The summed E-state index contributed by atoms with van der Waals surface area (Å²) in [5, 5.41) is 12.4. The fourth-order valence-corrected chi connectivity index (χ4v) is 3.03. The van der Waals surface area contributed by atoms with Gasteiger partial charge < -0.3 is 14.7 Å². The second-order valence-electron chi connectivity index (χ2n) is 4.37. The van der Waals surface area contributed by atoms with Gasteiger partial charge in [-0.2, -0.15) is 0 Å². The monoisotopic (exact) mass is 256 g/mol. The predicted octanol–water partition coefficient (Wildman–Crippen LogP) is 2.20. The van der Waals surface area contributed by atoms with Crippen molar-refractivity contribution in [3.8, 4) is 0 Å². The summed E-state index contributed by atoms with van der Waals surface area (Å²) in [6.45, 7) is 6.59. The third-order valence-electron chi connectivity index (χ3n) is 3.05. The standard InChI is InChI=1S/C12H20N2O2S/c1-3-16-10-4-6-14(7-5-10)12-13-11(8-17-12)9(2)15/h8-10,15H,3-7H2,1-2H3. The van der Waals surface area contributed by atoms with Gasteiger partial charge in [0, 0.05) is 25.1 Å². The van der Waals surface area contributed by atoms with Crippen molar-refractivity contribution in [2.75, 3.05) is 24.6 Å². The first-order valence-electron chi connectivity index (χ1n) is 6.20. The highest BCUT2D eigenvalue weighted by Crippen LogP contribution is 2.27. The summed E-state index contributed by atoms with van der Waals surface area (Å²) in [5.41, 5.74) is 0.775. The maximum Gasteiger partial charge on any atom is 0.185 e. The van der Waals surface area contributed by atoms with E-state index in [1.165, 1.54) is 0 Å². The molecule has 1 aromatic heterocycles. The lowest BCUT2D eigenvalue weighted by atomic mass is 10.1. The molecule has 1 saturated heterocycles. The van der Waals surface area contributed by atoms with Gasteiger partial charge in [-0.1, -0.05) is 0 Å². The van der Waals surface area contributed by atoms with Crippen LogP contribution in [-0.4, -0.2) is 35.9 Å². The Hall–Kier alpha value is -0.650. The molecule has 4 nitrogen and oxygen atoms in total. The molecule has 1 atom stereocenters. The van der Waals surface area contributed by atoms with Gasteiger partial charge in [0.25, 0.3) is 0 Å². The van der Waals surface area contributed by atoms with Gasteiger partial charge in [0.2, 0.25) is 0 Å². The minimum absolute atomic E-state index is 0.410. The Labute approximate surface area is 106 Å². The predicted molar refractivity (Wildman–Crippen MR) is 69.6 cm³/mol. The van der Waals surface area contributed by atoms with Crippen LogP contribution < -0.4 is 4.90 Å². The molecule has 1 unspecified atom stereocenters. The number of rotatable bonds is 4. The highest BCUT2D eigenvalue weighted by Gasteiger charge is 2.21. The van der Waals surface area contributed by atoms with Crippen molar-refractivity contribution in [3.63, 3.8) is 0 Å². The summed E-state index contributed by atoms with van der Waals surface area (Å²) in [7, 11) is 0. The largest absolute Gasteiger partial charge is 0.387 e. The molecule has 0 aliphatic carbocycles. The number of anilines is 1. The summed E-state index contributed by atoms with van der Waals surface area (Å²) in [6.07, 6.45) is 2.07. The number of thiazole rings is 1. The molecule has 1 aromatic rings. The molecule has 0 saturated carbocycles. The van der Waals surface area contributed by atoms with E-state index >= 15 is 0 Å². The number of ether oxygens (including phenoxy) is 1. The summed E-state index contributed by atoms with van der Waals surface area (Å²) in [6, 6.07) is 0. The molecule has 2 heterocycles. The first kappa shape index (κ1) is 12.8. The summed E-state index contributed by atoms with van der Waals surface area (Å²) < 4.78 is 5.63. The lowest BCUT2D eigenvalue weighted by Crippen LogP contribution is -2.37. The second-order valence-corrected chi connectivity index (χ2v) is 5.21. The number of nitrogens with zero attached hydrogens (tertiary/aromatic N) is 2. The maximum absolute atomic E-state index is 9.45.